The number of anilines is 1. The molecule has 0 saturated carbocycles. The van der Waals surface area contributed by atoms with Crippen molar-refractivity contribution in [2.45, 2.75) is 20.5 Å². The molecule has 3 aromatic carbocycles. The predicted molar refractivity (Wildman–Crippen MR) is 125 cm³/mol. The standard InChI is InChI=1S/C25H20Cl2N2O2/c1-16-7-8-17(2)23(11-16)29-25(30)20(14-28)12-18-9-10-24(22(27)13-18)31-15-19-5-3-4-6-21(19)26/h3-13H,15H2,1-2H3,(H,29,30)/b20-12-. The third kappa shape index (κ3) is 5.88. The summed E-state index contributed by atoms with van der Waals surface area (Å²) in [4.78, 5) is 12.6. The molecule has 0 atom stereocenters. The van der Waals surface area contributed by atoms with E-state index in [0.29, 0.717) is 27.0 Å². The Morgan fingerprint density at radius 1 is 1.06 bits per heavy atom. The van der Waals surface area contributed by atoms with Crippen LogP contribution in [-0.4, -0.2) is 5.91 Å². The summed E-state index contributed by atoms with van der Waals surface area (Å²) < 4.78 is 5.76. The van der Waals surface area contributed by atoms with Crippen molar-refractivity contribution >= 4 is 40.9 Å². The smallest absolute Gasteiger partial charge is 0.266 e. The van der Waals surface area contributed by atoms with Gasteiger partial charge in [0.1, 0.15) is 24.0 Å². The Balaban J connectivity index is 1.74. The lowest BCUT2D eigenvalue weighted by Crippen LogP contribution is -2.14. The first kappa shape index (κ1) is 22.4. The van der Waals surface area contributed by atoms with Gasteiger partial charge in [-0.15, -0.1) is 0 Å². The maximum absolute atomic E-state index is 12.6. The Hall–Kier alpha value is -3.26. The number of ether oxygens (including phenoxy) is 1. The second-order valence-electron chi connectivity index (χ2n) is 7.01. The molecular formula is C25H20Cl2N2O2. The average Bonchev–Trinajstić information content (AvgIpc) is 2.75. The van der Waals surface area contributed by atoms with E-state index in [-0.39, 0.29) is 12.2 Å². The number of rotatable bonds is 6. The maximum Gasteiger partial charge on any atom is 0.266 e. The summed E-state index contributed by atoms with van der Waals surface area (Å²) >= 11 is 12.5. The van der Waals surface area contributed by atoms with Gasteiger partial charge >= 0.3 is 0 Å². The zero-order valence-corrected chi connectivity index (χ0v) is 18.6. The van der Waals surface area contributed by atoms with E-state index in [1.165, 1.54) is 6.08 Å². The highest BCUT2D eigenvalue weighted by atomic mass is 35.5. The van der Waals surface area contributed by atoms with Gasteiger partial charge in [0.25, 0.3) is 5.91 Å². The summed E-state index contributed by atoms with van der Waals surface area (Å²) in [7, 11) is 0. The molecule has 4 nitrogen and oxygen atoms in total. The Morgan fingerprint density at radius 2 is 1.84 bits per heavy atom. The minimum atomic E-state index is -0.480. The van der Waals surface area contributed by atoms with Crippen molar-refractivity contribution < 1.29 is 9.53 Å². The summed E-state index contributed by atoms with van der Waals surface area (Å²) in [6, 6.07) is 20.2. The third-order valence-corrected chi connectivity index (χ3v) is 5.28. The topological polar surface area (TPSA) is 62.1 Å². The van der Waals surface area contributed by atoms with Crippen LogP contribution >= 0.6 is 23.2 Å². The highest BCUT2D eigenvalue weighted by Gasteiger charge is 2.12. The minimum absolute atomic E-state index is 0.0262. The quantitative estimate of drug-likeness (QED) is 0.334. The number of carbonyl (C=O) groups excluding carboxylic acids is 1. The molecule has 31 heavy (non-hydrogen) atoms. The van der Waals surface area contributed by atoms with E-state index in [4.69, 9.17) is 27.9 Å². The van der Waals surface area contributed by atoms with E-state index in [1.807, 2.05) is 56.3 Å². The van der Waals surface area contributed by atoms with E-state index < -0.39 is 5.91 Å². The number of nitrogens with one attached hydrogen (secondary N) is 1. The molecule has 0 saturated heterocycles. The van der Waals surface area contributed by atoms with Gasteiger partial charge in [-0.2, -0.15) is 5.26 Å². The largest absolute Gasteiger partial charge is 0.487 e. The summed E-state index contributed by atoms with van der Waals surface area (Å²) in [5.41, 5.74) is 4.04. The predicted octanol–water partition coefficient (Wildman–Crippen LogP) is 6.73. The van der Waals surface area contributed by atoms with Gasteiger partial charge in [-0.3, -0.25) is 4.79 Å². The lowest BCUT2D eigenvalue weighted by molar-refractivity contribution is -0.112. The van der Waals surface area contributed by atoms with Gasteiger partial charge in [-0.25, -0.2) is 0 Å². The van der Waals surface area contributed by atoms with E-state index >= 15 is 0 Å². The molecule has 0 aliphatic heterocycles. The van der Waals surface area contributed by atoms with Crippen molar-refractivity contribution in [2.24, 2.45) is 0 Å². The molecule has 0 unspecified atom stereocenters. The Morgan fingerprint density at radius 3 is 2.55 bits per heavy atom. The maximum atomic E-state index is 12.6. The SMILES string of the molecule is Cc1ccc(C)c(NC(=O)/C(C#N)=C\c2ccc(OCc3ccccc3Cl)c(Cl)c2)c1. The molecule has 3 rings (SSSR count). The first-order valence-electron chi connectivity index (χ1n) is 9.53. The lowest BCUT2D eigenvalue weighted by atomic mass is 10.1. The lowest BCUT2D eigenvalue weighted by Gasteiger charge is -2.10. The van der Waals surface area contributed by atoms with Crippen molar-refractivity contribution in [2.75, 3.05) is 5.32 Å². The Kier molecular flexibility index (Phi) is 7.36. The second-order valence-corrected chi connectivity index (χ2v) is 7.83. The summed E-state index contributed by atoms with van der Waals surface area (Å²) in [6.45, 7) is 4.11. The van der Waals surface area contributed by atoms with Crippen LogP contribution in [0.5, 0.6) is 5.75 Å². The molecule has 0 aliphatic rings. The fraction of sp³-hybridized carbons (Fsp3) is 0.120. The first-order chi connectivity index (χ1) is 14.9. The number of hydrogen-bond donors (Lipinski definition) is 1. The van der Waals surface area contributed by atoms with E-state index in [9.17, 15) is 10.1 Å². The zero-order valence-electron chi connectivity index (χ0n) is 17.1. The van der Waals surface area contributed by atoms with Gasteiger partial charge in [-0.1, -0.05) is 59.6 Å². The van der Waals surface area contributed by atoms with Crippen LogP contribution in [0.4, 0.5) is 5.69 Å². The molecule has 0 fully saturated rings. The van der Waals surface area contributed by atoms with Gasteiger partial charge < -0.3 is 10.1 Å². The molecule has 0 heterocycles. The van der Waals surface area contributed by atoms with Crippen LogP contribution in [0.1, 0.15) is 22.3 Å². The van der Waals surface area contributed by atoms with Crippen LogP contribution < -0.4 is 10.1 Å². The second kappa shape index (κ2) is 10.2. The van der Waals surface area contributed by atoms with Gasteiger partial charge in [0.15, 0.2) is 0 Å². The van der Waals surface area contributed by atoms with Crippen LogP contribution in [0.2, 0.25) is 10.0 Å². The minimum Gasteiger partial charge on any atom is -0.487 e. The van der Waals surface area contributed by atoms with Crippen molar-refractivity contribution in [1.82, 2.24) is 0 Å². The molecule has 0 spiro atoms. The summed E-state index contributed by atoms with van der Waals surface area (Å²) in [6.07, 6.45) is 1.49. The molecule has 1 amide bonds. The van der Waals surface area contributed by atoms with Crippen molar-refractivity contribution in [3.05, 3.63) is 98.5 Å². The van der Waals surface area contributed by atoms with E-state index in [0.717, 1.165) is 16.7 Å². The number of halogens is 2. The number of amides is 1. The molecule has 3 aromatic rings. The van der Waals surface area contributed by atoms with E-state index in [1.54, 1.807) is 24.3 Å². The van der Waals surface area contributed by atoms with Crippen LogP contribution in [0.15, 0.2) is 66.2 Å². The first-order valence-corrected chi connectivity index (χ1v) is 10.3. The monoisotopic (exact) mass is 450 g/mol. The molecule has 0 radical (unpaired) electrons. The molecule has 156 valence electrons. The summed E-state index contributed by atoms with van der Waals surface area (Å²) in [5, 5.41) is 13.2. The van der Waals surface area contributed by atoms with Crippen LogP contribution in [-0.2, 0) is 11.4 Å². The summed E-state index contributed by atoms with van der Waals surface area (Å²) in [5.74, 6) is 0.00319. The van der Waals surface area contributed by atoms with Crippen LogP contribution in [0, 0.1) is 25.2 Å². The molecule has 6 heteroatoms. The fourth-order valence-corrected chi connectivity index (χ4v) is 3.30. The van der Waals surface area contributed by atoms with Crippen LogP contribution in [0.3, 0.4) is 0 Å². The molecule has 0 aliphatic carbocycles. The van der Waals surface area contributed by atoms with Crippen molar-refractivity contribution in [1.29, 1.82) is 5.26 Å². The molecular weight excluding hydrogens is 431 g/mol. The average molecular weight is 451 g/mol. The Labute approximate surface area is 191 Å². The number of nitrogens with zero attached hydrogens (tertiary/aromatic N) is 1. The number of nitriles is 1. The molecule has 0 bridgehead atoms. The highest BCUT2D eigenvalue weighted by Crippen LogP contribution is 2.28. The van der Waals surface area contributed by atoms with Crippen molar-refractivity contribution in [3.8, 4) is 11.8 Å². The highest BCUT2D eigenvalue weighted by molar-refractivity contribution is 6.32. The van der Waals surface area contributed by atoms with Crippen molar-refractivity contribution in [3.63, 3.8) is 0 Å². The normalized spacial score (nSPS) is 11.0. The fourth-order valence-electron chi connectivity index (χ4n) is 2.87. The van der Waals surface area contributed by atoms with Gasteiger partial charge in [0, 0.05) is 16.3 Å². The number of carbonyl (C=O) groups is 1. The Bertz CT molecular complexity index is 1200. The van der Waals surface area contributed by atoms with Crippen LogP contribution in [0.25, 0.3) is 6.08 Å². The number of benzene rings is 3. The van der Waals surface area contributed by atoms with Gasteiger partial charge in [-0.05, 0) is 60.9 Å². The molecule has 1 N–H and O–H groups in total. The van der Waals surface area contributed by atoms with Gasteiger partial charge in [0.05, 0.1) is 5.02 Å². The number of hydrogen-bond acceptors (Lipinski definition) is 3. The van der Waals surface area contributed by atoms with Gasteiger partial charge in [0.2, 0.25) is 0 Å². The zero-order chi connectivity index (χ0) is 22.4. The number of aryl methyl sites for hydroxylation is 2. The molecule has 0 aromatic heterocycles. The third-order valence-electron chi connectivity index (χ3n) is 4.61. The van der Waals surface area contributed by atoms with E-state index in [2.05, 4.69) is 5.32 Å².